The molecule has 3 aromatic carbocycles. The third-order valence-corrected chi connectivity index (χ3v) is 4.55. The van der Waals surface area contributed by atoms with Gasteiger partial charge in [0.2, 0.25) is 0 Å². The minimum Gasteiger partial charge on any atom is -0.426 e. The lowest BCUT2D eigenvalue weighted by atomic mass is 10.0. The van der Waals surface area contributed by atoms with Crippen LogP contribution < -0.4 is 10.1 Å². The van der Waals surface area contributed by atoms with Crippen LogP contribution >= 0.6 is 11.6 Å². The Balaban J connectivity index is 1.77. The number of rotatable bonds is 6. The van der Waals surface area contributed by atoms with Crippen molar-refractivity contribution in [1.82, 2.24) is 5.32 Å². The Bertz CT molecular complexity index is 972. The number of ether oxygens (including phenoxy) is 1. The van der Waals surface area contributed by atoms with E-state index in [2.05, 4.69) is 5.32 Å². The third kappa shape index (κ3) is 5.21. The van der Waals surface area contributed by atoms with Gasteiger partial charge < -0.3 is 10.1 Å². The molecule has 1 amide bonds. The molecule has 0 radical (unpaired) electrons. The first-order chi connectivity index (χ1) is 13.5. The van der Waals surface area contributed by atoms with Gasteiger partial charge in [0.25, 0.3) is 5.91 Å². The highest BCUT2D eigenvalue weighted by atomic mass is 35.5. The van der Waals surface area contributed by atoms with Gasteiger partial charge in [-0.15, -0.1) is 0 Å². The molecule has 142 valence electrons. The first-order valence-corrected chi connectivity index (χ1v) is 9.28. The summed E-state index contributed by atoms with van der Waals surface area (Å²) >= 11 is 6.12. The molecule has 0 aromatic heterocycles. The summed E-state index contributed by atoms with van der Waals surface area (Å²) < 4.78 is 5.44. The summed E-state index contributed by atoms with van der Waals surface area (Å²) in [5, 5.41) is 3.25. The molecule has 5 heteroatoms. The fraction of sp³-hybridized carbons (Fsp3) is 0.130. The Hall–Kier alpha value is -3.11. The minimum absolute atomic E-state index is 0.00581. The van der Waals surface area contributed by atoms with Gasteiger partial charge in [0.15, 0.2) is 0 Å². The molecular weight excluding hydrogens is 374 g/mol. The lowest BCUT2D eigenvalue weighted by Crippen LogP contribution is -2.31. The quantitative estimate of drug-likeness (QED) is 0.467. The van der Waals surface area contributed by atoms with E-state index in [9.17, 15) is 9.59 Å². The molecule has 0 heterocycles. The summed E-state index contributed by atoms with van der Waals surface area (Å²) in [5.74, 6) is -0.295. The van der Waals surface area contributed by atoms with Gasteiger partial charge in [-0.3, -0.25) is 9.59 Å². The van der Waals surface area contributed by atoms with Gasteiger partial charge in [-0.05, 0) is 42.3 Å². The van der Waals surface area contributed by atoms with Crippen molar-refractivity contribution in [2.24, 2.45) is 0 Å². The van der Waals surface area contributed by atoms with Crippen LogP contribution in [-0.4, -0.2) is 11.9 Å². The summed E-state index contributed by atoms with van der Waals surface area (Å²) in [6, 6.07) is 22.8. The zero-order valence-electron chi connectivity index (χ0n) is 15.4. The molecule has 0 spiro atoms. The van der Waals surface area contributed by atoms with Crippen molar-refractivity contribution in [2.45, 2.75) is 19.4 Å². The van der Waals surface area contributed by atoms with Crippen molar-refractivity contribution >= 4 is 23.5 Å². The van der Waals surface area contributed by atoms with Crippen molar-refractivity contribution in [3.8, 4) is 5.75 Å². The number of carbonyl (C=O) groups is 2. The van der Waals surface area contributed by atoms with E-state index in [1.165, 1.54) is 0 Å². The van der Waals surface area contributed by atoms with Gasteiger partial charge in [-0.1, -0.05) is 66.2 Å². The topological polar surface area (TPSA) is 55.4 Å². The first kappa shape index (κ1) is 19.6. The van der Waals surface area contributed by atoms with Crippen LogP contribution in [0.4, 0.5) is 0 Å². The van der Waals surface area contributed by atoms with Gasteiger partial charge in [0.05, 0.1) is 23.0 Å². The molecule has 0 unspecified atom stereocenters. The highest BCUT2D eigenvalue weighted by Crippen LogP contribution is 2.22. The molecule has 1 atom stereocenters. The molecule has 28 heavy (non-hydrogen) atoms. The molecule has 1 N–H and O–H groups in total. The standard InChI is InChI=1S/C23H20ClNO3/c1-16-8-7-11-18(14-16)28-22(26)15-21(17-9-3-2-4-10-17)25-23(27)19-12-5-6-13-20(19)24/h2-14,21H,15H2,1H3,(H,25,27)/t21-/m1/s1. The molecule has 0 aliphatic rings. The summed E-state index contributed by atoms with van der Waals surface area (Å²) in [7, 11) is 0. The van der Waals surface area contributed by atoms with Crippen LogP contribution in [0.15, 0.2) is 78.9 Å². The lowest BCUT2D eigenvalue weighted by Gasteiger charge is -2.19. The number of hydrogen-bond donors (Lipinski definition) is 1. The van der Waals surface area contributed by atoms with E-state index in [0.717, 1.165) is 11.1 Å². The maximum Gasteiger partial charge on any atom is 0.313 e. The molecule has 3 aromatic rings. The normalized spacial score (nSPS) is 11.5. The number of amides is 1. The molecule has 0 saturated heterocycles. The van der Waals surface area contributed by atoms with Crippen molar-refractivity contribution in [2.75, 3.05) is 0 Å². The van der Waals surface area contributed by atoms with Crippen molar-refractivity contribution in [1.29, 1.82) is 0 Å². The van der Waals surface area contributed by atoms with E-state index in [1.54, 1.807) is 36.4 Å². The molecule has 3 rings (SSSR count). The fourth-order valence-electron chi connectivity index (χ4n) is 2.84. The second-order valence-corrected chi connectivity index (χ2v) is 6.82. The van der Waals surface area contributed by atoms with Crippen molar-refractivity contribution in [3.63, 3.8) is 0 Å². The van der Waals surface area contributed by atoms with E-state index in [1.807, 2.05) is 49.4 Å². The van der Waals surface area contributed by atoms with E-state index < -0.39 is 12.0 Å². The summed E-state index contributed by atoms with van der Waals surface area (Å²) in [5.41, 5.74) is 2.16. The SMILES string of the molecule is Cc1cccc(OC(=O)C[C@@H](NC(=O)c2ccccc2Cl)c2ccccc2)c1. The zero-order valence-corrected chi connectivity index (χ0v) is 16.1. The van der Waals surface area contributed by atoms with E-state index >= 15 is 0 Å². The first-order valence-electron chi connectivity index (χ1n) is 8.90. The smallest absolute Gasteiger partial charge is 0.313 e. The maximum absolute atomic E-state index is 12.7. The second kappa shape index (κ2) is 9.20. The zero-order chi connectivity index (χ0) is 19.9. The molecule has 0 aliphatic heterocycles. The van der Waals surface area contributed by atoms with Crippen LogP contribution in [0.3, 0.4) is 0 Å². The lowest BCUT2D eigenvalue weighted by molar-refractivity contribution is -0.134. The largest absolute Gasteiger partial charge is 0.426 e. The number of esters is 1. The predicted molar refractivity (Wildman–Crippen MR) is 110 cm³/mol. The highest BCUT2D eigenvalue weighted by Gasteiger charge is 2.21. The maximum atomic E-state index is 12.7. The van der Waals surface area contributed by atoms with Crippen LogP contribution in [0.5, 0.6) is 5.75 Å². The molecule has 4 nitrogen and oxygen atoms in total. The summed E-state index contributed by atoms with van der Waals surface area (Å²) in [4.78, 5) is 25.2. The monoisotopic (exact) mass is 393 g/mol. The molecule has 0 bridgehead atoms. The van der Waals surface area contributed by atoms with Gasteiger partial charge in [-0.25, -0.2) is 0 Å². The Morgan fingerprint density at radius 3 is 2.39 bits per heavy atom. The van der Waals surface area contributed by atoms with Crippen LogP contribution in [0.2, 0.25) is 5.02 Å². The Kier molecular flexibility index (Phi) is 6.45. The second-order valence-electron chi connectivity index (χ2n) is 6.41. The van der Waals surface area contributed by atoms with Crippen LogP contribution in [0.25, 0.3) is 0 Å². The number of benzene rings is 3. The summed E-state index contributed by atoms with van der Waals surface area (Å²) in [6.07, 6.45) is -0.00581. The van der Waals surface area contributed by atoms with E-state index in [4.69, 9.17) is 16.3 Å². The van der Waals surface area contributed by atoms with Crippen molar-refractivity contribution < 1.29 is 14.3 Å². The highest BCUT2D eigenvalue weighted by molar-refractivity contribution is 6.33. The number of halogens is 1. The number of aryl methyl sites for hydroxylation is 1. The van der Waals surface area contributed by atoms with E-state index in [-0.39, 0.29) is 12.3 Å². The van der Waals surface area contributed by atoms with Crippen LogP contribution in [-0.2, 0) is 4.79 Å². The molecule has 0 saturated carbocycles. The number of carbonyl (C=O) groups excluding carboxylic acids is 2. The Labute approximate surface area is 169 Å². The fourth-order valence-corrected chi connectivity index (χ4v) is 3.06. The number of hydrogen-bond acceptors (Lipinski definition) is 3. The molecule has 0 fully saturated rings. The van der Waals surface area contributed by atoms with Gasteiger partial charge in [0.1, 0.15) is 5.75 Å². The van der Waals surface area contributed by atoms with Crippen LogP contribution in [0.1, 0.15) is 33.9 Å². The Morgan fingerprint density at radius 1 is 0.964 bits per heavy atom. The molecule has 0 aliphatic carbocycles. The Morgan fingerprint density at radius 2 is 1.68 bits per heavy atom. The average Bonchev–Trinajstić information content (AvgIpc) is 2.68. The number of nitrogens with one attached hydrogen (secondary N) is 1. The van der Waals surface area contributed by atoms with Crippen LogP contribution in [0, 0.1) is 6.92 Å². The minimum atomic E-state index is -0.540. The van der Waals surface area contributed by atoms with Gasteiger partial charge >= 0.3 is 5.97 Å². The third-order valence-electron chi connectivity index (χ3n) is 4.22. The average molecular weight is 394 g/mol. The van der Waals surface area contributed by atoms with E-state index in [0.29, 0.717) is 16.3 Å². The predicted octanol–water partition coefficient (Wildman–Crippen LogP) is 5.12. The van der Waals surface area contributed by atoms with Gasteiger partial charge in [-0.2, -0.15) is 0 Å². The van der Waals surface area contributed by atoms with Gasteiger partial charge in [0, 0.05) is 0 Å². The summed E-state index contributed by atoms with van der Waals surface area (Å²) in [6.45, 7) is 1.92. The molecular formula is C23H20ClNO3. The van der Waals surface area contributed by atoms with Crippen molar-refractivity contribution in [3.05, 3.63) is 101 Å².